The molecular weight excluding hydrogens is 448 g/mol. The first kappa shape index (κ1) is 24.6. The third-order valence-electron chi connectivity index (χ3n) is 6.06. The van der Waals surface area contributed by atoms with Crippen LogP contribution in [0.3, 0.4) is 0 Å². The zero-order valence-electron chi connectivity index (χ0n) is 20.2. The molecule has 0 saturated carbocycles. The molecule has 1 aromatic heterocycles. The van der Waals surface area contributed by atoms with Gasteiger partial charge in [-0.1, -0.05) is 48.2 Å². The highest BCUT2D eigenvalue weighted by Crippen LogP contribution is 2.31. The van der Waals surface area contributed by atoms with Crippen LogP contribution in [0.1, 0.15) is 42.3 Å². The van der Waals surface area contributed by atoms with Gasteiger partial charge < -0.3 is 19.1 Å². The molecule has 0 radical (unpaired) electrons. The third-order valence-corrected chi connectivity index (χ3v) is 7.07. The van der Waals surface area contributed by atoms with Crippen LogP contribution in [0.2, 0.25) is 0 Å². The van der Waals surface area contributed by atoms with Crippen molar-refractivity contribution in [2.24, 2.45) is 0 Å². The molecule has 0 spiro atoms. The van der Waals surface area contributed by atoms with Crippen LogP contribution in [0.25, 0.3) is 0 Å². The highest BCUT2D eigenvalue weighted by atomic mass is 32.2. The molecule has 0 unspecified atom stereocenters. The average Bonchev–Trinajstić information content (AvgIpc) is 3.47. The van der Waals surface area contributed by atoms with E-state index < -0.39 is 0 Å². The number of thioether (sulfide) groups is 1. The fourth-order valence-electron chi connectivity index (χ4n) is 4.19. The Morgan fingerprint density at radius 2 is 1.97 bits per heavy atom. The minimum Gasteiger partial charge on any atom is -0.504 e. The third kappa shape index (κ3) is 6.11. The molecule has 4 rings (SSSR count). The lowest BCUT2D eigenvalue weighted by Gasteiger charge is -2.20. The minimum atomic E-state index is 0.199. The summed E-state index contributed by atoms with van der Waals surface area (Å²) in [4.78, 5) is 2.14. The summed E-state index contributed by atoms with van der Waals surface area (Å²) < 4.78 is 13.7. The summed E-state index contributed by atoms with van der Waals surface area (Å²) in [6.45, 7) is 7.34. The number of para-hydroxylation sites is 1. The van der Waals surface area contributed by atoms with Crippen molar-refractivity contribution in [3.63, 3.8) is 0 Å². The molecule has 1 saturated heterocycles. The molecule has 1 fully saturated rings. The van der Waals surface area contributed by atoms with E-state index in [1.807, 2.05) is 26.1 Å². The lowest BCUT2D eigenvalue weighted by Crippen LogP contribution is -2.23. The summed E-state index contributed by atoms with van der Waals surface area (Å²) in [5.41, 5.74) is 3.42. The topological polar surface area (TPSA) is 72.6 Å². The van der Waals surface area contributed by atoms with E-state index in [2.05, 4.69) is 50.9 Å². The Bertz CT molecular complexity index is 1080. The Kier molecular flexibility index (Phi) is 8.48. The monoisotopic (exact) mass is 482 g/mol. The van der Waals surface area contributed by atoms with Crippen molar-refractivity contribution >= 4 is 11.8 Å². The molecule has 0 bridgehead atoms. The Hall–Kier alpha value is -2.55. The highest BCUT2D eigenvalue weighted by molar-refractivity contribution is 7.98. The van der Waals surface area contributed by atoms with Crippen LogP contribution < -0.4 is 4.74 Å². The number of aromatic hydroxyl groups is 1. The molecule has 1 atom stereocenters. The zero-order valence-corrected chi connectivity index (χ0v) is 21.1. The van der Waals surface area contributed by atoms with Crippen LogP contribution in [0, 0.1) is 6.92 Å². The number of benzene rings is 2. The molecule has 1 N–H and O–H groups in total. The molecule has 1 aliphatic heterocycles. The highest BCUT2D eigenvalue weighted by Gasteiger charge is 2.22. The van der Waals surface area contributed by atoms with Crippen LogP contribution in [-0.4, -0.2) is 51.1 Å². The number of rotatable bonds is 11. The maximum atomic E-state index is 10.6. The van der Waals surface area contributed by atoms with Crippen molar-refractivity contribution in [2.45, 2.75) is 63.3 Å². The van der Waals surface area contributed by atoms with E-state index in [4.69, 9.17) is 9.47 Å². The molecule has 2 heterocycles. The van der Waals surface area contributed by atoms with Crippen molar-refractivity contribution in [3.05, 3.63) is 65.0 Å². The number of phenols is 1. The number of hydrogen-bond acceptors (Lipinski definition) is 7. The molecule has 8 heteroatoms. The van der Waals surface area contributed by atoms with Crippen molar-refractivity contribution in [1.29, 1.82) is 0 Å². The summed E-state index contributed by atoms with van der Waals surface area (Å²) in [5.74, 6) is 2.48. The number of aromatic nitrogens is 3. The number of ether oxygens (including phenoxy) is 2. The second-order valence-electron chi connectivity index (χ2n) is 8.73. The quantitative estimate of drug-likeness (QED) is 0.394. The Morgan fingerprint density at radius 1 is 1.15 bits per heavy atom. The molecule has 3 aromatic rings. The minimum absolute atomic E-state index is 0.199. The van der Waals surface area contributed by atoms with Crippen molar-refractivity contribution in [2.75, 3.05) is 20.3 Å². The molecule has 1 aliphatic rings. The van der Waals surface area contributed by atoms with Crippen LogP contribution in [0.5, 0.6) is 11.5 Å². The second-order valence-corrected chi connectivity index (χ2v) is 9.67. The van der Waals surface area contributed by atoms with Crippen LogP contribution in [0.4, 0.5) is 0 Å². The van der Waals surface area contributed by atoms with Crippen LogP contribution in [0.15, 0.2) is 47.6 Å². The number of phenolic OH excluding ortho intramolecular Hbond substituents is 1. The molecule has 7 nitrogen and oxygen atoms in total. The maximum Gasteiger partial charge on any atom is 0.191 e. The zero-order chi connectivity index (χ0) is 23.9. The van der Waals surface area contributed by atoms with E-state index in [1.54, 1.807) is 17.8 Å². The average molecular weight is 483 g/mol. The molecule has 0 amide bonds. The van der Waals surface area contributed by atoms with Gasteiger partial charge in [-0.3, -0.25) is 4.90 Å². The van der Waals surface area contributed by atoms with Gasteiger partial charge in [0.15, 0.2) is 16.7 Å². The van der Waals surface area contributed by atoms with E-state index >= 15 is 0 Å². The van der Waals surface area contributed by atoms with Crippen LogP contribution in [-0.2, 0) is 30.1 Å². The van der Waals surface area contributed by atoms with Gasteiger partial charge in [0.05, 0.1) is 25.8 Å². The van der Waals surface area contributed by atoms with Gasteiger partial charge in [-0.25, -0.2) is 0 Å². The molecule has 2 aromatic carbocycles. The predicted octanol–water partition coefficient (Wildman–Crippen LogP) is 4.79. The van der Waals surface area contributed by atoms with E-state index in [0.717, 1.165) is 48.3 Å². The second kappa shape index (κ2) is 11.7. The summed E-state index contributed by atoms with van der Waals surface area (Å²) in [5, 5.41) is 20.6. The van der Waals surface area contributed by atoms with E-state index in [9.17, 15) is 5.11 Å². The standard InChI is InChI=1S/C26H34N4O3S/c1-4-32-23-13-7-11-20(25(23)31)15-29(3)17-24-27-28-26(30(24)16-22-12-8-14-33-22)34-18-21-10-6-5-9-19(21)2/h5-7,9-11,13,22,31H,4,8,12,14-18H2,1-3H3/t22-/m1/s1. The van der Waals surface area contributed by atoms with Crippen LogP contribution >= 0.6 is 11.8 Å². The first-order valence-corrected chi connectivity index (χ1v) is 12.9. The van der Waals surface area contributed by atoms with Crippen molar-refractivity contribution < 1.29 is 14.6 Å². The maximum absolute atomic E-state index is 10.6. The van der Waals surface area contributed by atoms with Gasteiger partial charge in [0, 0.05) is 24.5 Å². The predicted molar refractivity (Wildman–Crippen MR) is 134 cm³/mol. The summed E-state index contributed by atoms with van der Waals surface area (Å²) in [6, 6.07) is 14.1. The summed E-state index contributed by atoms with van der Waals surface area (Å²) >= 11 is 1.72. The Balaban J connectivity index is 1.49. The first-order valence-electron chi connectivity index (χ1n) is 11.9. The number of nitrogens with zero attached hydrogens (tertiary/aromatic N) is 4. The van der Waals surface area contributed by atoms with Gasteiger partial charge in [0.2, 0.25) is 0 Å². The smallest absolute Gasteiger partial charge is 0.191 e. The van der Waals surface area contributed by atoms with Gasteiger partial charge >= 0.3 is 0 Å². The normalized spacial score (nSPS) is 15.8. The van der Waals surface area contributed by atoms with E-state index in [0.29, 0.717) is 25.4 Å². The van der Waals surface area contributed by atoms with Gasteiger partial charge in [0.1, 0.15) is 5.82 Å². The largest absolute Gasteiger partial charge is 0.504 e. The Morgan fingerprint density at radius 3 is 2.74 bits per heavy atom. The summed E-state index contributed by atoms with van der Waals surface area (Å²) in [6.07, 6.45) is 2.36. The molecule has 34 heavy (non-hydrogen) atoms. The number of aryl methyl sites for hydroxylation is 1. The first-order chi connectivity index (χ1) is 16.5. The lowest BCUT2D eigenvalue weighted by atomic mass is 10.1. The van der Waals surface area contributed by atoms with Crippen molar-refractivity contribution in [3.8, 4) is 11.5 Å². The Labute approximate surface area is 206 Å². The fourth-order valence-corrected chi connectivity index (χ4v) is 5.23. The molecule has 182 valence electrons. The molecule has 0 aliphatic carbocycles. The number of hydrogen-bond donors (Lipinski definition) is 1. The van der Waals surface area contributed by atoms with Gasteiger partial charge in [-0.15, -0.1) is 10.2 Å². The van der Waals surface area contributed by atoms with E-state index in [1.165, 1.54) is 11.1 Å². The lowest BCUT2D eigenvalue weighted by molar-refractivity contribution is 0.0934. The van der Waals surface area contributed by atoms with Gasteiger partial charge in [-0.2, -0.15) is 0 Å². The van der Waals surface area contributed by atoms with Gasteiger partial charge in [0.25, 0.3) is 0 Å². The van der Waals surface area contributed by atoms with Crippen molar-refractivity contribution in [1.82, 2.24) is 19.7 Å². The SMILES string of the molecule is CCOc1cccc(CN(C)Cc2nnc(SCc3ccccc3C)n2C[C@H]2CCCO2)c1O. The fraction of sp³-hybridized carbons (Fsp3) is 0.462. The van der Waals surface area contributed by atoms with Gasteiger partial charge in [-0.05, 0) is 50.9 Å². The van der Waals surface area contributed by atoms with E-state index in [-0.39, 0.29) is 11.9 Å². The summed E-state index contributed by atoms with van der Waals surface area (Å²) in [7, 11) is 2.03. The molecular formula is C26H34N4O3S.